The molecule has 0 atom stereocenters. The molecule has 7 heteroatoms. The van der Waals surface area contributed by atoms with E-state index in [2.05, 4.69) is 6.92 Å². The quantitative estimate of drug-likeness (QED) is 0.268. The first-order chi connectivity index (χ1) is 14.4. The largest absolute Gasteiger partial charge is 1.00 e. The first-order valence-corrected chi connectivity index (χ1v) is 12.4. The van der Waals surface area contributed by atoms with Gasteiger partial charge < -0.3 is 9.84 Å². The van der Waals surface area contributed by atoms with Crippen molar-refractivity contribution in [3.8, 4) is 17.2 Å². The minimum atomic E-state index is -4.60. The van der Waals surface area contributed by atoms with Crippen molar-refractivity contribution in [1.29, 1.82) is 0 Å². The van der Waals surface area contributed by atoms with E-state index in [1.54, 1.807) is 30.3 Å². The summed E-state index contributed by atoms with van der Waals surface area (Å²) in [6, 6.07) is 11.5. The van der Waals surface area contributed by atoms with Gasteiger partial charge in [0.1, 0.15) is 11.5 Å². The van der Waals surface area contributed by atoms with Gasteiger partial charge in [0.15, 0.2) is 0 Å². The van der Waals surface area contributed by atoms with E-state index in [1.165, 1.54) is 51.0 Å². The van der Waals surface area contributed by atoms with Gasteiger partial charge in [-0.15, -0.1) is 0 Å². The van der Waals surface area contributed by atoms with E-state index in [9.17, 15) is 18.1 Å². The molecule has 0 heterocycles. The van der Waals surface area contributed by atoms with E-state index >= 15 is 0 Å². The number of hydrogen-bond donors (Lipinski definition) is 1. The predicted octanol–water partition coefficient (Wildman–Crippen LogP) is 3.27. The molecule has 1 N–H and O–H groups in total. The first kappa shape index (κ1) is 28.0. The van der Waals surface area contributed by atoms with E-state index in [0.717, 1.165) is 19.3 Å². The number of unbranched alkanes of at least 4 members (excludes halogenated alkanes) is 9. The average Bonchev–Trinajstić information content (AvgIpc) is 2.71. The van der Waals surface area contributed by atoms with Crippen LogP contribution in [0.3, 0.4) is 0 Å². The molecule has 0 aromatic heterocycles. The normalized spacial score (nSPS) is 11.2. The zero-order valence-electron chi connectivity index (χ0n) is 18.8. The van der Waals surface area contributed by atoms with Gasteiger partial charge in [-0.05, 0) is 42.4 Å². The Balaban J connectivity index is 0.00000480. The Kier molecular flexibility index (Phi) is 13.5. The van der Waals surface area contributed by atoms with Crippen molar-refractivity contribution in [2.45, 2.75) is 82.4 Å². The van der Waals surface area contributed by atoms with Gasteiger partial charge in [0.2, 0.25) is 0 Å². The van der Waals surface area contributed by atoms with Crippen LogP contribution < -0.4 is 39.4 Å². The van der Waals surface area contributed by atoms with Gasteiger partial charge in [-0.3, -0.25) is 4.55 Å². The summed E-state index contributed by atoms with van der Waals surface area (Å²) in [5.41, 5.74) is 0.663. The molecule has 0 aliphatic rings. The fourth-order valence-electron chi connectivity index (χ4n) is 3.51. The Labute approximate surface area is 209 Å². The topological polar surface area (TPSA) is 86.7 Å². The Morgan fingerprint density at radius 3 is 1.94 bits per heavy atom. The summed E-state index contributed by atoms with van der Waals surface area (Å²) in [6.45, 7) is 2.22. The standard InChI is InChI=1S/C24H34O5S.Na/c1-2-3-4-5-6-7-8-9-10-12-15-20-18-19-22(30(26,27)28)23(25)24(20)29-21-16-13-11-14-17-21;/h11,13-14,16-19,25H,2-10,12,15H2,1H3,(H,26,27,28);/q;+1/p-1. The zero-order valence-corrected chi connectivity index (χ0v) is 21.6. The van der Waals surface area contributed by atoms with Gasteiger partial charge in [0.05, 0.1) is 4.90 Å². The number of para-hydroxylation sites is 1. The Bertz CT molecular complexity index is 869. The second-order valence-electron chi connectivity index (χ2n) is 7.70. The molecular formula is C24H33NaO5S. The minimum absolute atomic E-state index is 0. The molecule has 2 aromatic carbocycles. The number of rotatable bonds is 14. The van der Waals surface area contributed by atoms with Gasteiger partial charge in [0.25, 0.3) is 10.1 Å². The average molecular weight is 457 g/mol. The predicted molar refractivity (Wildman–Crippen MR) is 118 cm³/mol. The summed E-state index contributed by atoms with van der Waals surface area (Å²) in [5.74, 6) is -0.371. The fraction of sp³-hybridized carbons (Fsp3) is 0.500. The Morgan fingerprint density at radius 2 is 1.39 bits per heavy atom. The van der Waals surface area contributed by atoms with Crippen molar-refractivity contribution in [1.82, 2.24) is 0 Å². The third-order valence-electron chi connectivity index (χ3n) is 5.20. The molecule has 0 unspecified atom stereocenters. The van der Waals surface area contributed by atoms with Crippen molar-refractivity contribution in [3.63, 3.8) is 0 Å². The molecule has 0 bridgehead atoms. The molecule has 5 nitrogen and oxygen atoms in total. The van der Waals surface area contributed by atoms with Crippen LogP contribution in [-0.4, -0.2) is 13.0 Å². The van der Waals surface area contributed by atoms with Gasteiger partial charge in [-0.2, -0.15) is 8.42 Å². The molecule has 0 saturated carbocycles. The van der Waals surface area contributed by atoms with Gasteiger partial charge in [-0.1, -0.05) is 89.0 Å². The summed E-state index contributed by atoms with van der Waals surface area (Å²) in [7, 11) is -4.60. The van der Waals surface area contributed by atoms with Crippen LogP contribution in [0.5, 0.6) is 17.2 Å². The Morgan fingerprint density at radius 1 is 0.839 bits per heavy atom. The van der Waals surface area contributed by atoms with Gasteiger partial charge in [-0.25, -0.2) is 0 Å². The monoisotopic (exact) mass is 456 g/mol. The van der Waals surface area contributed by atoms with Crippen LogP contribution in [0.15, 0.2) is 47.4 Å². The second kappa shape index (κ2) is 14.9. The fourth-order valence-corrected chi connectivity index (χ4v) is 4.07. The number of aryl methyl sites for hydroxylation is 1. The molecule has 0 radical (unpaired) electrons. The minimum Gasteiger partial charge on any atom is -0.869 e. The Hall–Kier alpha value is -1.05. The molecule has 0 amide bonds. The van der Waals surface area contributed by atoms with Crippen LogP contribution in [0.4, 0.5) is 0 Å². The van der Waals surface area contributed by atoms with E-state index in [4.69, 9.17) is 4.74 Å². The molecule has 0 aliphatic carbocycles. The SMILES string of the molecule is CCCCCCCCCCCCc1ccc(S(=O)(=O)O)c([O-])c1Oc1ccccc1.[Na+]. The van der Waals surface area contributed by atoms with E-state index in [0.29, 0.717) is 17.7 Å². The summed E-state index contributed by atoms with van der Waals surface area (Å²) < 4.78 is 38.1. The summed E-state index contributed by atoms with van der Waals surface area (Å²) in [5, 5.41) is 12.7. The van der Waals surface area contributed by atoms with Crippen molar-refractivity contribution >= 4 is 10.1 Å². The van der Waals surface area contributed by atoms with E-state index in [1.807, 2.05) is 6.07 Å². The van der Waals surface area contributed by atoms with Crippen LogP contribution >= 0.6 is 0 Å². The molecular weight excluding hydrogens is 423 g/mol. The summed E-state index contributed by atoms with van der Waals surface area (Å²) >= 11 is 0. The first-order valence-electron chi connectivity index (χ1n) is 11.0. The van der Waals surface area contributed by atoms with Gasteiger partial charge >= 0.3 is 29.6 Å². The maximum atomic E-state index is 12.7. The van der Waals surface area contributed by atoms with E-state index in [-0.39, 0.29) is 35.3 Å². The third-order valence-corrected chi connectivity index (χ3v) is 6.08. The second-order valence-corrected chi connectivity index (χ2v) is 9.09. The van der Waals surface area contributed by atoms with Crippen molar-refractivity contribution < 1.29 is 52.4 Å². The summed E-state index contributed by atoms with van der Waals surface area (Å²) in [4.78, 5) is -0.653. The zero-order chi connectivity index (χ0) is 21.8. The molecule has 0 spiro atoms. The molecule has 0 fully saturated rings. The van der Waals surface area contributed by atoms with Crippen molar-refractivity contribution in [3.05, 3.63) is 48.0 Å². The molecule has 0 saturated heterocycles. The van der Waals surface area contributed by atoms with Gasteiger partial charge in [0, 0.05) is 0 Å². The smallest absolute Gasteiger partial charge is 0.869 e. The third kappa shape index (κ3) is 9.96. The number of benzene rings is 2. The summed E-state index contributed by atoms with van der Waals surface area (Å²) in [6.07, 6.45) is 12.7. The molecule has 2 aromatic rings. The van der Waals surface area contributed by atoms with Crippen LogP contribution in [-0.2, 0) is 16.5 Å². The van der Waals surface area contributed by atoms with Crippen molar-refractivity contribution in [2.75, 3.05) is 0 Å². The van der Waals surface area contributed by atoms with Crippen LogP contribution in [0.25, 0.3) is 0 Å². The maximum Gasteiger partial charge on any atom is 1.00 e. The maximum absolute atomic E-state index is 12.7. The number of ether oxygens (including phenoxy) is 1. The molecule has 0 aliphatic heterocycles. The molecule has 166 valence electrons. The van der Waals surface area contributed by atoms with E-state index < -0.39 is 20.8 Å². The van der Waals surface area contributed by atoms with Crippen LogP contribution in [0.2, 0.25) is 0 Å². The number of hydrogen-bond acceptors (Lipinski definition) is 4. The van der Waals surface area contributed by atoms with Crippen molar-refractivity contribution in [2.24, 2.45) is 0 Å². The molecule has 2 rings (SSSR count). The van der Waals surface area contributed by atoms with Crippen LogP contribution in [0.1, 0.15) is 76.7 Å². The molecule has 31 heavy (non-hydrogen) atoms. The van der Waals surface area contributed by atoms with Crippen LogP contribution in [0, 0.1) is 0 Å².